The maximum Gasteiger partial charge on any atom is 0.419 e. The van der Waals surface area contributed by atoms with E-state index in [1.54, 1.807) is 11.8 Å². The molecule has 6 nitrogen and oxygen atoms in total. The third-order valence-corrected chi connectivity index (χ3v) is 7.06. The number of hydrogen-bond acceptors (Lipinski definition) is 4. The van der Waals surface area contributed by atoms with Crippen molar-refractivity contribution in [1.82, 2.24) is 4.31 Å². The van der Waals surface area contributed by atoms with Gasteiger partial charge in [0.2, 0.25) is 10.0 Å². The van der Waals surface area contributed by atoms with E-state index in [9.17, 15) is 30.8 Å². The summed E-state index contributed by atoms with van der Waals surface area (Å²) in [6, 6.07) is 7.77. The number of rotatable bonds is 5. The van der Waals surface area contributed by atoms with Crippen LogP contribution in [0.2, 0.25) is 0 Å². The molecule has 31 heavy (non-hydrogen) atoms. The van der Waals surface area contributed by atoms with E-state index >= 15 is 0 Å². The van der Waals surface area contributed by atoms with Gasteiger partial charge in [0.25, 0.3) is 0 Å². The first-order chi connectivity index (χ1) is 14.4. The van der Waals surface area contributed by atoms with Crippen LogP contribution in [0.15, 0.2) is 47.4 Å². The average molecular weight is 460 g/mol. The van der Waals surface area contributed by atoms with Crippen molar-refractivity contribution in [2.45, 2.75) is 30.5 Å². The Morgan fingerprint density at radius 2 is 1.87 bits per heavy atom. The molecule has 2 aromatic carbocycles. The number of aliphatic carboxylic acids is 1. The number of sulfonamides is 1. The molecule has 168 valence electrons. The number of nitrogens with zero attached hydrogens (tertiary/aromatic N) is 2. The summed E-state index contributed by atoms with van der Waals surface area (Å²) in [5.41, 5.74) is -0.773. The predicted molar refractivity (Wildman–Crippen MR) is 105 cm³/mol. The highest BCUT2D eigenvalue weighted by molar-refractivity contribution is 7.89. The molecule has 1 saturated heterocycles. The second kappa shape index (κ2) is 8.46. The van der Waals surface area contributed by atoms with E-state index < -0.39 is 39.6 Å². The predicted octanol–water partition coefficient (Wildman–Crippen LogP) is 3.37. The lowest BCUT2D eigenvalue weighted by Crippen LogP contribution is -2.54. The van der Waals surface area contributed by atoms with Crippen LogP contribution >= 0.6 is 0 Å². The maximum absolute atomic E-state index is 13.9. The molecular weight excluding hydrogens is 440 g/mol. The minimum atomic E-state index is -4.79. The van der Waals surface area contributed by atoms with E-state index in [2.05, 4.69) is 0 Å². The third-order valence-electron chi connectivity index (χ3n) is 5.05. The number of benzene rings is 2. The molecule has 0 aromatic heterocycles. The highest BCUT2D eigenvalue weighted by atomic mass is 32.2. The number of piperazine rings is 1. The zero-order valence-electron chi connectivity index (χ0n) is 16.4. The Morgan fingerprint density at radius 1 is 1.16 bits per heavy atom. The zero-order valence-corrected chi connectivity index (χ0v) is 17.3. The van der Waals surface area contributed by atoms with Gasteiger partial charge in [-0.3, -0.25) is 4.79 Å². The van der Waals surface area contributed by atoms with Gasteiger partial charge in [-0.2, -0.15) is 17.5 Å². The lowest BCUT2D eigenvalue weighted by atomic mass is 10.1. The summed E-state index contributed by atoms with van der Waals surface area (Å²) in [7, 11) is -3.92. The van der Waals surface area contributed by atoms with Gasteiger partial charge in [0.05, 0.1) is 16.9 Å². The summed E-state index contributed by atoms with van der Waals surface area (Å²) >= 11 is 0. The molecule has 11 heteroatoms. The summed E-state index contributed by atoms with van der Waals surface area (Å²) in [4.78, 5) is 12.5. The Labute approximate surface area is 176 Å². The largest absolute Gasteiger partial charge is 0.481 e. The van der Waals surface area contributed by atoms with Gasteiger partial charge in [-0.1, -0.05) is 12.1 Å². The van der Waals surface area contributed by atoms with Crippen molar-refractivity contribution < 1.29 is 35.9 Å². The molecule has 1 N–H and O–H groups in total. The molecule has 1 aliphatic rings. The molecule has 2 aromatic rings. The molecule has 0 spiro atoms. The van der Waals surface area contributed by atoms with Crippen LogP contribution in [0.25, 0.3) is 0 Å². The van der Waals surface area contributed by atoms with E-state index in [1.807, 2.05) is 0 Å². The van der Waals surface area contributed by atoms with Crippen molar-refractivity contribution in [3.05, 3.63) is 59.4 Å². The number of alkyl halides is 3. The summed E-state index contributed by atoms with van der Waals surface area (Å²) in [6.45, 7) is 1.99. The fourth-order valence-electron chi connectivity index (χ4n) is 3.59. The molecular formula is C20H20F4N2O4S. The van der Waals surface area contributed by atoms with Crippen LogP contribution in [0.5, 0.6) is 0 Å². The van der Waals surface area contributed by atoms with E-state index in [1.165, 1.54) is 28.6 Å². The van der Waals surface area contributed by atoms with Gasteiger partial charge in [0.1, 0.15) is 5.82 Å². The fourth-order valence-corrected chi connectivity index (χ4v) is 5.27. The molecule has 0 amide bonds. The smallest absolute Gasteiger partial charge is 0.419 e. The molecule has 0 saturated carbocycles. The minimum Gasteiger partial charge on any atom is -0.481 e. The van der Waals surface area contributed by atoms with E-state index in [4.69, 9.17) is 5.11 Å². The van der Waals surface area contributed by atoms with Crippen molar-refractivity contribution >= 4 is 21.7 Å². The van der Waals surface area contributed by atoms with Crippen LogP contribution in [0.3, 0.4) is 0 Å². The van der Waals surface area contributed by atoms with Crippen molar-refractivity contribution in [2.75, 3.05) is 24.5 Å². The van der Waals surface area contributed by atoms with Gasteiger partial charge in [0.15, 0.2) is 0 Å². The number of carboxylic acids is 1. The van der Waals surface area contributed by atoms with Gasteiger partial charge >= 0.3 is 12.1 Å². The lowest BCUT2D eigenvalue weighted by Gasteiger charge is -2.40. The number of carbonyl (C=O) groups is 1. The van der Waals surface area contributed by atoms with Gasteiger partial charge in [-0.05, 0) is 42.8 Å². The second-order valence-corrected chi connectivity index (χ2v) is 9.18. The second-order valence-electron chi connectivity index (χ2n) is 7.29. The van der Waals surface area contributed by atoms with Crippen molar-refractivity contribution in [1.29, 1.82) is 0 Å². The number of hydrogen-bond donors (Lipinski definition) is 1. The standard InChI is InChI=1S/C20H20F4N2O4S/c1-13-12-25(15-5-6-17(18(21)11-15)20(22,23)24)7-8-26(13)31(29,30)16-4-2-3-14(9-16)10-19(27)28/h2-6,9,11,13H,7-8,10,12H2,1H3,(H,27,28)/t13-/m1/s1. The number of anilines is 1. The van der Waals surface area contributed by atoms with Crippen LogP contribution in [0.1, 0.15) is 18.1 Å². The first-order valence-electron chi connectivity index (χ1n) is 9.34. The van der Waals surface area contributed by atoms with Crippen molar-refractivity contribution in [3.8, 4) is 0 Å². The first-order valence-corrected chi connectivity index (χ1v) is 10.8. The van der Waals surface area contributed by atoms with Gasteiger partial charge in [-0.15, -0.1) is 0 Å². The molecule has 0 unspecified atom stereocenters. The normalized spacial score (nSPS) is 18.2. The molecule has 1 heterocycles. The molecule has 1 aliphatic heterocycles. The maximum atomic E-state index is 13.9. The Morgan fingerprint density at radius 3 is 2.45 bits per heavy atom. The van der Waals surface area contributed by atoms with E-state index in [-0.39, 0.29) is 36.6 Å². The Hall–Kier alpha value is -2.66. The van der Waals surface area contributed by atoms with E-state index in [0.29, 0.717) is 11.6 Å². The molecule has 0 aliphatic carbocycles. The van der Waals surface area contributed by atoms with E-state index in [0.717, 1.165) is 12.1 Å². The highest BCUT2D eigenvalue weighted by Crippen LogP contribution is 2.34. The summed E-state index contributed by atoms with van der Waals surface area (Å²) < 4.78 is 79.6. The highest BCUT2D eigenvalue weighted by Gasteiger charge is 2.36. The lowest BCUT2D eigenvalue weighted by molar-refractivity contribution is -0.140. The average Bonchev–Trinajstić information content (AvgIpc) is 2.66. The topological polar surface area (TPSA) is 77.9 Å². The van der Waals surface area contributed by atoms with Gasteiger partial charge in [0, 0.05) is 31.4 Å². The van der Waals surface area contributed by atoms with Crippen LogP contribution in [-0.2, 0) is 27.4 Å². The number of halogens is 4. The molecule has 1 fully saturated rings. The van der Waals surface area contributed by atoms with Crippen LogP contribution in [0.4, 0.5) is 23.2 Å². The Kier molecular flexibility index (Phi) is 6.28. The SMILES string of the molecule is C[C@@H]1CN(c2ccc(C(F)(F)F)c(F)c2)CCN1S(=O)(=O)c1cccc(CC(=O)O)c1. The molecule has 3 rings (SSSR count). The zero-order chi connectivity index (χ0) is 23.0. The Bertz CT molecular complexity index is 1090. The van der Waals surface area contributed by atoms with Crippen LogP contribution < -0.4 is 4.90 Å². The van der Waals surface area contributed by atoms with Crippen molar-refractivity contribution in [3.63, 3.8) is 0 Å². The van der Waals surface area contributed by atoms with Crippen LogP contribution in [-0.4, -0.2) is 49.5 Å². The van der Waals surface area contributed by atoms with Crippen molar-refractivity contribution in [2.24, 2.45) is 0 Å². The quantitative estimate of drug-likeness (QED) is 0.693. The van der Waals surface area contributed by atoms with Crippen LogP contribution in [0, 0.1) is 5.82 Å². The number of carboxylic acid groups (broad SMARTS) is 1. The Balaban J connectivity index is 1.78. The summed E-state index contributed by atoms with van der Waals surface area (Å²) in [5, 5.41) is 8.92. The fraction of sp³-hybridized carbons (Fsp3) is 0.350. The van der Waals surface area contributed by atoms with Gasteiger partial charge < -0.3 is 10.0 Å². The monoisotopic (exact) mass is 460 g/mol. The first kappa shape index (κ1) is 23.0. The van der Waals surface area contributed by atoms with Gasteiger partial charge in [-0.25, -0.2) is 12.8 Å². The molecule has 0 bridgehead atoms. The third kappa shape index (κ3) is 4.99. The minimum absolute atomic E-state index is 0.0351. The molecule has 0 radical (unpaired) electrons. The summed E-state index contributed by atoms with van der Waals surface area (Å²) in [5.74, 6) is -2.47. The molecule has 1 atom stereocenters. The summed E-state index contributed by atoms with van der Waals surface area (Å²) in [6.07, 6.45) is -5.11.